The van der Waals surface area contributed by atoms with Crippen molar-refractivity contribution in [2.45, 2.75) is 31.0 Å². The minimum absolute atomic E-state index is 0.0631. The van der Waals surface area contributed by atoms with Crippen LogP contribution in [0, 0.1) is 0 Å². The number of halogens is 1. The number of rotatable bonds is 11. The second-order valence-corrected chi connectivity index (χ2v) is 12.2. The Morgan fingerprint density at radius 2 is 1.66 bits per heavy atom. The van der Waals surface area contributed by atoms with Crippen LogP contribution in [0.4, 0.5) is 5.69 Å². The van der Waals surface area contributed by atoms with Crippen LogP contribution in [0.2, 0.25) is 0 Å². The predicted molar refractivity (Wildman–Crippen MR) is 178 cm³/mol. The van der Waals surface area contributed by atoms with Crippen molar-refractivity contribution in [1.82, 2.24) is 10.1 Å². The summed E-state index contributed by atoms with van der Waals surface area (Å²) >= 11 is 3.52. The van der Waals surface area contributed by atoms with Gasteiger partial charge in [0.15, 0.2) is 17.5 Å². The number of nitrogens with zero attached hydrogens (tertiary/aromatic N) is 4. The van der Waals surface area contributed by atoms with E-state index >= 15 is 0 Å². The van der Waals surface area contributed by atoms with Gasteiger partial charge in [0.25, 0.3) is 11.8 Å². The van der Waals surface area contributed by atoms with E-state index in [1.807, 2.05) is 97.1 Å². The Balaban J connectivity index is 1.26. The molecule has 0 spiro atoms. The van der Waals surface area contributed by atoms with Gasteiger partial charge in [-0.3, -0.25) is 4.79 Å². The predicted octanol–water partition coefficient (Wildman–Crippen LogP) is 6.32. The Labute approximate surface area is 279 Å². The summed E-state index contributed by atoms with van der Waals surface area (Å²) in [4.78, 5) is 26.3. The molecule has 2 aliphatic heterocycles. The monoisotopic (exact) mass is 694 g/mol. The lowest BCUT2D eigenvalue weighted by Crippen LogP contribution is -2.55. The van der Waals surface area contributed by atoms with E-state index in [-0.39, 0.29) is 19.1 Å². The molecule has 3 heterocycles. The standard InChI is InChI=1S/C36H31BrN4O6/c1-44-27-15-9-24(10-16-27)33-38-31(40-47-33)22-41-30-6-3-2-5-29(30)32-36(35(41)43,21-23-7-13-26(37)14-8-23)39-34(46-32)25-11-17-28(18-12-25)45-20-4-19-42/h2-3,5-18,32,42H,4,19-22H2,1H3/t32-,36-/m1/s1. The molecule has 2 atom stereocenters. The molecule has 0 fully saturated rings. The number of methoxy groups -OCH3 is 1. The summed E-state index contributed by atoms with van der Waals surface area (Å²) in [5.74, 6) is 2.24. The van der Waals surface area contributed by atoms with Gasteiger partial charge < -0.3 is 28.7 Å². The smallest absolute Gasteiger partial charge is 0.260 e. The first kappa shape index (κ1) is 30.6. The fourth-order valence-corrected chi connectivity index (χ4v) is 6.19. The van der Waals surface area contributed by atoms with Crippen LogP contribution >= 0.6 is 15.9 Å². The number of amides is 1. The molecule has 1 N–H and O–H groups in total. The molecule has 10 nitrogen and oxygen atoms in total. The maximum atomic E-state index is 14.9. The van der Waals surface area contributed by atoms with Crippen LogP contribution in [0.3, 0.4) is 0 Å². The summed E-state index contributed by atoms with van der Waals surface area (Å²) in [7, 11) is 1.61. The number of aliphatic hydroxyl groups is 1. The Hall–Kier alpha value is -5.00. The van der Waals surface area contributed by atoms with E-state index in [9.17, 15) is 4.79 Å². The number of aromatic nitrogens is 2. The second-order valence-electron chi connectivity index (χ2n) is 11.3. The molecule has 0 bridgehead atoms. The first-order valence-corrected chi connectivity index (χ1v) is 16.0. The van der Waals surface area contributed by atoms with Crippen molar-refractivity contribution < 1.29 is 28.6 Å². The highest BCUT2D eigenvalue weighted by atomic mass is 79.9. The number of hydrogen-bond acceptors (Lipinski definition) is 9. The fraction of sp³-hybridized carbons (Fsp3) is 0.222. The lowest BCUT2D eigenvalue weighted by Gasteiger charge is -2.41. The summed E-state index contributed by atoms with van der Waals surface area (Å²) in [5, 5.41) is 13.3. The normalized spacial score (nSPS) is 18.3. The number of aliphatic hydroxyl groups excluding tert-OH is 1. The molecular formula is C36H31BrN4O6. The van der Waals surface area contributed by atoms with Gasteiger partial charge >= 0.3 is 0 Å². The average molecular weight is 696 g/mol. The quantitative estimate of drug-likeness (QED) is 0.160. The number of hydrogen-bond donors (Lipinski definition) is 1. The molecule has 5 aromatic rings. The van der Waals surface area contributed by atoms with Gasteiger partial charge in [0.05, 0.1) is 25.9 Å². The molecule has 238 valence electrons. The summed E-state index contributed by atoms with van der Waals surface area (Å²) in [6.45, 7) is 0.553. The third-order valence-electron chi connectivity index (χ3n) is 8.25. The highest BCUT2D eigenvalue weighted by Crippen LogP contribution is 2.50. The van der Waals surface area contributed by atoms with Crippen LogP contribution in [0.5, 0.6) is 11.5 Å². The maximum Gasteiger partial charge on any atom is 0.260 e. The van der Waals surface area contributed by atoms with E-state index < -0.39 is 11.6 Å². The minimum atomic E-state index is -1.30. The zero-order valence-electron chi connectivity index (χ0n) is 25.5. The van der Waals surface area contributed by atoms with Crippen molar-refractivity contribution in [3.8, 4) is 23.0 Å². The van der Waals surface area contributed by atoms with E-state index in [0.717, 1.165) is 32.5 Å². The number of anilines is 1. The Kier molecular flexibility index (Phi) is 8.48. The largest absolute Gasteiger partial charge is 0.497 e. The van der Waals surface area contributed by atoms with Crippen molar-refractivity contribution in [3.63, 3.8) is 0 Å². The van der Waals surface area contributed by atoms with Crippen LogP contribution in [0.25, 0.3) is 11.5 Å². The first-order valence-electron chi connectivity index (χ1n) is 15.2. The molecule has 47 heavy (non-hydrogen) atoms. The van der Waals surface area contributed by atoms with Gasteiger partial charge in [-0.25, -0.2) is 4.99 Å². The number of carbonyl (C=O) groups is 1. The van der Waals surface area contributed by atoms with Crippen molar-refractivity contribution in [2.75, 3.05) is 25.2 Å². The highest BCUT2D eigenvalue weighted by molar-refractivity contribution is 9.10. The van der Waals surface area contributed by atoms with Gasteiger partial charge in [-0.05, 0) is 72.3 Å². The van der Waals surface area contributed by atoms with E-state index in [1.54, 1.807) is 12.0 Å². The Morgan fingerprint density at radius 3 is 2.40 bits per heavy atom. The first-order chi connectivity index (χ1) is 23.0. The minimum Gasteiger partial charge on any atom is -0.497 e. The Morgan fingerprint density at radius 1 is 0.936 bits per heavy atom. The molecule has 7 rings (SSSR count). The second kappa shape index (κ2) is 13.0. The molecule has 11 heteroatoms. The van der Waals surface area contributed by atoms with Gasteiger partial charge in [0.2, 0.25) is 5.90 Å². The number of aliphatic imine (C=N–C) groups is 1. The maximum absolute atomic E-state index is 14.9. The summed E-state index contributed by atoms with van der Waals surface area (Å²) in [6.07, 6.45) is 0.188. The van der Waals surface area contributed by atoms with E-state index in [1.165, 1.54) is 0 Å². The van der Waals surface area contributed by atoms with Gasteiger partial charge in [-0.2, -0.15) is 4.98 Å². The molecule has 2 aliphatic rings. The van der Waals surface area contributed by atoms with Crippen LogP contribution in [0.1, 0.15) is 35.0 Å². The van der Waals surface area contributed by atoms with E-state index in [0.29, 0.717) is 48.5 Å². The molecule has 0 aliphatic carbocycles. The zero-order valence-corrected chi connectivity index (χ0v) is 27.1. The number of fused-ring (bicyclic) bond motifs is 3. The van der Waals surface area contributed by atoms with Crippen molar-refractivity contribution in [2.24, 2.45) is 4.99 Å². The zero-order chi connectivity index (χ0) is 32.4. The molecule has 0 saturated carbocycles. The van der Waals surface area contributed by atoms with Crippen molar-refractivity contribution in [1.29, 1.82) is 0 Å². The Bertz CT molecular complexity index is 1910. The number of benzene rings is 4. The third-order valence-corrected chi connectivity index (χ3v) is 8.78. The topological polar surface area (TPSA) is 120 Å². The fourth-order valence-electron chi connectivity index (χ4n) is 5.92. The number of carbonyl (C=O) groups excluding carboxylic acids is 1. The van der Waals surface area contributed by atoms with Gasteiger partial charge in [0, 0.05) is 40.6 Å². The van der Waals surface area contributed by atoms with Gasteiger partial charge in [-0.1, -0.05) is 51.4 Å². The number of ether oxygens (including phenoxy) is 3. The van der Waals surface area contributed by atoms with E-state index in [4.69, 9.17) is 28.8 Å². The molecule has 1 amide bonds. The van der Waals surface area contributed by atoms with Crippen LogP contribution < -0.4 is 14.4 Å². The molecule has 1 aromatic heterocycles. The van der Waals surface area contributed by atoms with Gasteiger partial charge in [-0.15, -0.1) is 0 Å². The molecular weight excluding hydrogens is 664 g/mol. The van der Waals surface area contributed by atoms with E-state index in [2.05, 4.69) is 26.1 Å². The molecule has 0 saturated heterocycles. The third kappa shape index (κ3) is 5.99. The summed E-state index contributed by atoms with van der Waals surface area (Å²) < 4.78 is 24.1. The number of para-hydroxylation sites is 1. The SMILES string of the molecule is COc1ccc(-c2nc(CN3C(=O)[C@]4(Cc5ccc(Br)cc5)N=C(c5ccc(OCCCO)cc5)O[C@@H]4c4ccccc43)no2)cc1. The van der Waals surface area contributed by atoms with Crippen molar-refractivity contribution in [3.05, 3.63) is 124 Å². The molecule has 0 unspecified atom stereocenters. The van der Waals surface area contributed by atoms with Crippen LogP contribution in [0.15, 0.2) is 111 Å². The van der Waals surface area contributed by atoms with Gasteiger partial charge in [0.1, 0.15) is 11.5 Å². The average Bonchev–Trinajstić information content (AvgIpc) is 3.74. The van der Waals surface area contributed by atoms with Crippen molar-refractivity contribution >= 4 is 33.4 Å². The molecule has 4 aromatic carbocycles. The highest BCUT2D eigenvalue weighted by Gasteiger charge is 2.58. The van der Waals surface area contributed by atoms with Crippen LogP contribution in [-0.4, -0.2) is 52.9 Å². The lowest BCUT2D eigenvalue weighted by molar-refractivity contribution is -0.127. The molecule has 0 radical (unpaired) electrons. The summed E-state index contributed by atoms with van der Waals surface area (Å²) in [6, 6.07) is 30.3. The summed E-state index contributed by atoms with van der Waals surface area (Å²) in [5.41, 5.74) is 2.65. The lowest BCUT2D eigenvalue weighted by atomic mass is 9.78. The van der Waals surface area contributed by atoms with Crippen LogP contribution in [-0.2, 0) is 22.5 Å².